The monoisotopic (exact) mass is 345 g/mol. The fourth-order valence-corrected chi connectivity index (χ4v) is 2.55. The minimum Gasteiger partial charge on any atom is -0.309 e. The minimum absolute atomic E-state index is 0.305. The molecule has 0 saturated carbocycles. The number of rotatable bonds is 3. The molecule has 1 nitrogen and oxygen atoms in total. The summed E-state index contributed by atoms with van der Waals surface area (Å²) in [5.41, 5.74) is 1.41. The van der Waals surface area contributed by atoms with Crippen molar-refractivity contribution in [1.29, 1.82) is 0 Å². The van der Waals surface area contributed by atoms with Crippen LogP contribution in [0, 0.1) is 11.6 Å². The molecule has 1 N–H and O–H groups in total. The molecule has 0 bridgehead atoms. The van der Waals surface area contributed by atoms with Gasteiger partial charge in [-0.25, -0.2) is 8.78 Å². The van der Waals surface area contributed by atoms with E-state index in [9.17, 15) is 8.78 Å². The van der Waals surface area contributed by atoms with Crippen molar-refractivity contribution in [2.45, 2.75) is 6.04 Å². The lowest BCUT2D eigenvalue weighted by Crippen LogP contribution is -2.18. The highest BCUT2D eigenvalue weighted by atomic mass is 79.9. The van der Waals surface area contributed by atoms with E-state index in [1.807, 2.05) is 18.2 Å². The summed E-state index contributed by atoms with van der Waals surface area (Å²) in [6, 6.07) is 9.03. The maximum atomic E-state index is 13.3. The Morgan fingerprint density at radius 3 is 2.53 bits per heavy atom. The second-order valence-electron chi connectivity index (χ2n) is 4.04. The van der Waals surface area contributed by atoms with Crippen molar-refractivity contribution in [3.8, 4) is 0 Å². The van der Waals surface area contributed by atoms with E-state index in [-0.39, 0.29) is 6.04 Å². The fraction of sp³-hybridized carbons (Fsp3) is 0.143. The quantitative estimate of drug-likeness (QED) is 0.850. The van der Waals surface area contributed by atoms with Gasteiger partial charge in [0.25, 0.3) is 0 Å². The summed E-state index contributed by atoms with van der Waals surface area (Å²) < 4.78 is 27.1. The number of nitrogens with one attached hydrogen (secondary N) is 1. The van der Waals surface area contributed by atoms with Gasteiger partial charge >= 0.3 is 0 Å². The van der Waals surface area contributed by atoms with Crippen LogP contribution in [0.1, 0.15) is 17.2 Å². The second kappa shape index (κ2) is 5.99. The van der Waals surface area contributed by atoms with Crippen molar-refractivity contribution in [1.82, 2.24) is 5.32 Å². The molecule has 2 aromatic rings. The van der Waals surface area contributed by atoms with Crippen molar-refractivity contribution in [3.63, 3.8) is 0 Å². The molecule has 5 heteroatoms. The highest BCUT2D eigenvalue weighted by Gasteiger charge is 2.17. The molecule has 0 amide bonds. The third kappa shape index (κ3) is 2.96. The van der Waals surface area contributed by atoms with Crippen LogP contribution in [-0.4, -0.2) is 7.05 Å². The Balaban J connectivity index is 2.50. The molecule has 0 aliphatic rings. The lowest BCUT2D eigenvalue weighted by Gasteiger charge is -2.19. The molecule has 0 fully saturated rings. The largest absolute Gasteiger partial charge is 0.309 e. The lowest BCUT2D eigenvalue weighted by molar-refractivity contribution is 0.505. The topological polar surface area (TPSA) is 12.0 Å². The first kappa shape index (κ1) is 14.4. The van der Waals surface area contributed by atoms with Gasteiger partial charge in [0.1, 0.15) is 0 Å². The lowest BCUT2D eigenvalue weighted by atomic mass is 9.98. The fourth-order valence-electron chi connectivity index (χ4n) is 1.94. The second-order valence-corrected chi connectivity index (χ2v) is 5.27. The number of hydrogen-bond donors (Lipinski definition) is 1. The highest BCUT2D eigenvalue weighted by molar-refractivity contribution is 9.10. The Kier molecular flexibility index (Phi) is 4.55. The summed E-state index contributed by atoms with van der Waals surface area (Å²) in [6.07, 6.45) is 0. The number of benzene rings is 2. The van der Waals surface area contributed by atoms with Crippen LogP contribution in [0.5, 0.6) is 0 Å². The smallest absolute Gasteiger partial charge is 0.159 e. The molecule has 1 atom stereocenters. The van der Waals surface area contributed by atoms with Crippen molar-refractivity contribution in [3.05, 3.63) is 68.7 Å². The summed E-state index contributed by atoms with van der Waals surface area (Å²) >= 11 is 9.58. The Morgan fingerprint density at radius 1 is 1.16 bits per heavy atom. The van der Waals surface area contributed by atoms with Crippen LogP contribution in [0.25, 0.3) is 0 Å². The normalized spacial score (nSPS) is 12.5. The maximum absolute atomic E-state index is 13.3. The molecule has 0 radical (unpaired) electrons. The van der Waals surface area contributed by atoms with Gasteiger partial charge in [-0.3, -0.25) is 0 Å². The minimum atomic E-state index is -0.871. The molecule has 0 aromatic heterocycles. The van der Waals surface area contributed by atoms with Crippen LogP contribution in [0.2, 0.25) is 5.02 Å². The van der Waals surface area contributed by atoms with E-state index in [2.05, 4.69) is 21.2 Å². The van der Waals surface area contributed by atoms with Crippen LogP contribution < -0.4 is 5.32 Å². The Morgan fingerprint density at radius 2 is 1.89 bits per heavy atom. The Bertz CT molecular complexity index is 604. The van der Waals surface area contributed by atoms with E-state index < -0.39 is 11.6 Å². The molecule has 0 saturated heterocycles. The van der Waals surface area contributed by atoms with Gasteiger partial charge in [-0.1, -0.05) is 29.8 Å². The van der Waals surface area contributed by atoms with Gasteiger partial charge < -0.3 is 5.32 Å². The molecule has 100 valence electrons. The summed E-state index contributed by atoms with van der Waals surface area (Å²) in [4.78, 5) is 0. The molecule has 1 unspecified atom stereocenters. The molecular weight excluding hydrogens is 336 g/mol. The van der Waals surface area contributed by atoms with Crippen LogP contribution in [0.3, 0.4) is 0 Å². The molecule has 2 rings (SSSR count). The maximum Gasteiger partial charge on any atom is 0.159 e. The van der Waals surface area contributed by atoms with Gasteiger partial charge in [0.2, 0.25) is 0 Å². The first-order chi connectivity index (χ1) is 9.04. The average molecular weight is 347 g/mol. The van der Waals surface area contributed by atoms with Crippen LogP contribution in [-0.2, 0) is 0 Å². The molecule has 0 heterocycles. The molecule has 2 aromatic carbocycles. The van der Waals surface area contributed by atoms with E-state index >= 15 is 0 Å². The van der Waals surface area contributed by atoms with Crippen molar-refractivity contribution < 1.29 is 8.78 Å². The van der Waals surface area contributed by atoms with Gasteiger partial charge in [0.15, 0.2) is 11.6 Å². The Labute approximate surface area is 123 Å². The van der Waals surface area contributed by atoms with Crippen molar-refractivity contribution in [2.24, 2.45) is 0 Å². The SMILES string of the molecule is CNC(c1ccc(F)c(F)c1)c1cccc(Br)c1Cl. The molecule has 0 spiro atoms. The third-order valence-electron chi connectivity index (χ3n) is 2.86. The van der Waals surface area contributed by atoms with E-state index in [1.54, 1.807) is 7.05 Å². The van der Waals surface area contributed by atoms with E-state index in [4.69, 9.17) is 11.6 Å². The molecular formula is C14H11BrClF2N. The predicted molar refractivity (Wildman–Crippen MR) is 76.4 cm³/mol. The van der Waals surface area contributed by atoms with Gasteiger partial charge in [0, 0.05) is 4.47 Å². The molecule has 0 aliphatic heterocycles. The zero-order valence-electron chi connectivity index (χ0n) is 10.1. The van der Waals surface area contributed by atoms with Gasteiger partial charge in [-0.15, -0.1) is 0 Å². The summed E-state index contributed by atoms with van der Waals surface area (Å²) in [5, 5.41) is 3.60. The van der Waals surface area contributed by atoms with Crippen LogP contribution in [0.15, 0.2) is 40.9 Å². The summed E-state index contributed by atoms with van der Waals surface area (Å²) in [5.74, 6) is -1.73. The highest BCUT2D eigenvalue weighted by Crippen LogP contribution is 2.33. The van der Waals surface area contributed by atoms with E-state index in [0.717, 1.165) is 16.1 Å². The zero-order valence-corrected chi connectivity index (χ0v) is 12.4. The zero-order chi connectivity index (χ0) is 14.0. The predicted octanol–water partition coefficient (Wildman–Crippen LogP) is 4.69. The molecule has 19 heavy (non-hydrogen) atoms. The first-order valence-corrected chi connectivity index (χ1v) is 6.77. The standard InChI is InChI=1S/C14H11BrClF2N/c1-19-14(8-5-6-11(17)12(18)7-8)9-3-2-4-10(15)13(9)16/h2-7,14,19H,1H3. The number of hydrogen-bond acceptors (Lipinski definition) is 1. The summed E-state index contributed by atoms with van der Waals surface area (Å²) in [7, 11) is 1.74. The van der Waals surface area contributed by atoms with Crippen molar-refractivity contribution >= 4 is 27.5 Å². The first-order valence-electron chi connectivity index (χ1n) is 5.60. The van der Waals surface area contributed by atoms with Crippen molar-refractivity contribution in [2.75, 3.05) is 7.05 Å². The summed E-state index contributed by atoms with van der Waals surface area (Å²) in [6.45, 7) is 0. The molecule has 0 aliphatic carbocycles. The average Bonchev–Trinajstić information content (AvgIpc) is 2.39. The number of halogens is 4. The van der Waals surface area contributed by atoms with Gasteiger partial charge in [0.05, 0.1) is 11.1 Å². The van der Waals surface area contributed by atoms with Gasteiger partial charge in [-0.2, -0.15) is 0 Å². The Hall–Kier alpha value is -0.970. The van der Waals surface area contributed by atoms with Gasteiger partial charge in [-0.05, 0) is 52.3 Å². The van der Waals surface area contributed by atoms with Crippen LogP contribution in [0.4, 0.5) is 8.78 Å². The van der Waals surface area contributed by atoms with Crippen LogP contribution >= 0.6 is 27.5 Å². The third-order valence-corrected chi connectivity index (χ3v) is 4.17. The van der Waals surface area contributed by atoms with E-state index in [0.29, 0.717) is 10.6 Å². The van der Waals surface area contributed by atoms with E-state index in [1.165, 1.54) is 12.1 Å².